The number of amides is 1. The molecule has 0 saturated heterocycles. The topological polar surface area (TPSA) is 51.7 Å². The molecule has 1 atom stereocenters. The molecule has 1 aromatic heterocycles. The summed E-state index contributed by atoms with van der Waals surface area (Å²) in [6, 6.07) is 13.5. The predicted molar refractivity (Wildman–Crippen MR) is 93.1 cm³/mol. The van der Waals surface area contributed by atoms with Crippen molar-refractivity contribution in [2.45, 2.75) is 17.5 Å². The normalized spacial score (nSPS) is 16.1. The molecule has 1 aromatic carbocycles. The first-order chi connectivity index (χ1) is 11.8. The molecular formula is C18H20N2O3S. The molecule has 0 N–H and O–H groups in total. The number of nitrogens with zero attached hydrogens (tertiary/aromatic N) is 2. The van der Waals surface area contributed by atoms with Gasteiger partial charge in [0, 0.05) is 30.5 Å². The van der Waals surface area contributed by atoms with Crippen LogP contribution in [0.5, 0.6) is 5.75 Å². The highest BCUT2D eigenvalue weighted by molar-refractivity contribution is 7.99. The lowest BCUT2D eigenvalue weighted by atomic mass is 10.2. The van der Waals surface area contributed by atoms with Crippen LogP contribution in [0.15, 0.2) is 53.6 Å². The fourth-order valence-corrected chi connectivity index (χ4v) is 3.48. The maximum absolute atomic E-state index is 12.9. The van der Waals surface area contributed by atoms with E-state index in [2.05, 4.69) is 4.98 Å². The Hall–Kier alpha value is -2.05. The molecule has 1 aliphatic heterocycles. The smallest absolute Gasteiger partial charge is 0.264 e. The van der Waals surface area contributed by atoms with Crippen LogP contribution in [-0.4, -0.2) is 47.9 Å². The summed E-state index contributed by atoms with van der Waals surface area (Å²) in [5, 5.41) is 0. The number of rotatable bonds is 6. The zero-order valence-corrected chi connectivity index (χ0v) is 14.4. The maximum atomic E-state index is 12.9. The standard InChI is InChI=1S/C18H20N2O3S/c1-22-11-10-20(12-14-6-4-5-9-19-14)18(21)16-13-24-17-8-3-2-7-15(17)23-16/h2-9,16H,10-13H2,1H3/t16-/m1/s1. The number of carbonyl (C=O) groups is 1. The number of methoxy groups -OCH3 is 1. The second kappa shape index (κ2) is 8.17. The molecule has 126 valence electrons. The average molecular weight is 344 g/mol. The van der Waals surface area contributed by atoms with Crippen molar-refractivity contribution in [2.75, 3.05) is 26.0 Å². The largest absolute Gasteiger partial charge is 0.479 e. The number of hydrogen-bond acceptors (Lipinski definition) is 5. The van der Waals surface area contributed by atoms with Gasteiger partial charge in [0.15, 0.2) is 6.10 Å². The van der Waals surface area contributed by atoms with Crippen molar-refractivity contribution in [3.63, 3.8) is 0 Å². The van der Waals surface area contributed by atoms with Gasteiger partial charge in [-0.05, 0) is 24.3 Å². The van der Waals surface area contributed by atoms with Crippen LogP contribution in [0.2, 0.25) is 0 Å². The van der Waals surface area contributed by atoms with E-state index in [9.17, 15) is 4.79 Å². The van der Waals surface area contributed by atoms with Crippen molar-refractivity contribution < 1.29 is 14.3 Å². The predicted octanol–water partition coefficient (Wildman–Crippen LogP) is 2.61. The molecule has 5 nitrogen and oxygen atoms in total. The first-order valence-corrected chi connectivity index (χ1v) is 8.82. The fourth-order valence-electron chi connectivity index (χ4n) is 2.50. The van der Waals surface area contributed by atoms with Crippen LogP contribution < -0.4 is 4.74 Å². The number of thioether (sulfide) groups is 1. The number of para-hydroxylation sites is 1. The second-order valence-corrected chi connectivity index (χ2v) is 6.50. The van der Waals surface area contributed by atoms with Gasteiger partial charge in [-0.3, -0.25) is 9.78 Å². The lowest BCUT2D eigenvalue weighted by molar-refractivity contribution is -0.139. The van der Waals surface area contributed by atoms with E-state index in [-0.39, 0.29) is 5.91 Å². The lowest BCUT2D eigenvalue weighted by Crippen LogP contribution is -2.45. The van der Waals surface area contributed by atoms with Gasteiger partial charge in [-0.2, -0.15) is 0 Å². The van der Waals surface area contributed by atoms with Crippen LogP contribution in [-0.2, 0) is 16.1 Å². The van der Waals surface area contributed by atoms with Gasteiger partial charge in [0.2, 0.25) is 0 Å². The van der Waals surface area contributed by atoms with Gasteiger partial charge in [-0.15, -0.1) is 11.8 Å². The molecule has 3 rings (SSSR count). The number of aromatic nitrogens is 1. The van der Waals surface area contributed by atoms with E-state index in [0.29, 0.717) is 25.4 Å². The number of pyridine rings is 1. The Morgan fingerprint density at radius 1 is 1.33 bits per heavy atom. The highest BCUT2D eigenvalue weighted by Gasteiger charge is 2.30. The molecular weight excluding hydrogens is 324 g/mol. The highest BCUT2D eigenvalue weighted by atomic mass is 32.2. The van der Waals surface area contributed by atoms with E-state index in [1.165, 1.54) is 0 Å². The van der Waals surface area contributed by atoms with Crippen molar-refractivity contribution in [1.29, 1.82) is 0 Å². The van der Waals surface area contributed by atoms with E-state index in [0.717, 1.165) is 16.3 Å². The van der Waals surface area contributed by atoms with E-state index < -0.39 is 6.10 Å². The molecule has 0 radical (unpaired) electrons. The van der Waals surface area contributed by atoms with Crippen LogP contribution >= 0.6 is 11.8 Å². The summed E-state index contributed by atoms with van der Waals surface area (Å²) < 4.78 is 11.1. The van der Waals surface area contributed by atoms with Gasteiger partial charge in [0.1, 0.15) is 5.75 Å². The number of benzene rings is 1. The molecule has 2 heterocycles. The molecule has 0 bridgehead atoms. The number of carbonyl (C=O) groups excluding carboxylic acids is 1. The summed E-state index contributed by atoms with van der Waals surface area (Å²) in [5.41, 5.74) is 0.853. The van der Waals surface area contributed by atoms with Crippen molar-refractivity contribution in [3.05, 3.63) is 54.4 Å². The summed E-state index contributed by atoms with van der Waals surface area (Å²) >= 11 is 1.65. The summed E-state index contributed by atoms with van der Waals surface area (Å²) in [5.74, 6) is 1.36. The van der Waals surface area contributed by atoms with E-state index >= 15 is 0 Å². The third kappa shape index (κ3) is 4.07. The van der Waals surface area contributed by atoms with Crippen LogP contribution in [0.1, 0.15) is 5.69 Å². The van der Waals surface area contributed by atoms with Crippen molar-refractivity contribution >= 4 is 17.7 Å². The molecule has 0 spiro atoms. The zero-order chi connectivity index (χ0) is 16.8. The average Bonchev–Trinajstić information content (AvgIpc) is 2.65. The first kappa shape index (κ1) is 16.8. The number of fused-ring (bicyclic) bond motifs is 1. The van der Waals surface area contributed by atoms with Crippen LogP contribution in [0, 0.1) is 0 Å². The Kier molecular flexibility index (Phi) is 5.72. The van der Waals surface area contributed by atoms with E-state index in [1.807, 2.05) is 42.5 Å². The Labute approximate surface area is 146 Å². The molecule has 0 fully saturated rings. The summed E-state index contributed by atoms with van der Waals surface area (Å²) in [4.78, 5) is 20.1. The fraction of sp³-hybridized carbons (Fsp3) is 0.333. The van der Waals surface area contributed by atoms with Gasteiger partial charge in [-0.25, -0.2) is 0 Å². The molecule has 24 heavy (non-hydrogen) atoms. The van der Waals surface area contributed by atoms with E-state index in [4.69, 9.17) is 9.47 Å². The zero-order valence-electron chi connectivity index (χ0n) is 13.6. The molecule has 0 aliphatic carbocycles. The molecule has 2 aromatic rings. The van der Waals surface area contributed by atoms with Gasteiger partial charge < -0.3 is 14.4 Å². The minimum atomic E-state index is -0.481. The molecule has 0 saturated carbocycles. The quantitative estimate of drug-likeness (QED) is 0.806. The monoisotopic (exact) mass is 344 g/mol. The summed E-state index contributed by atoms with van der Waals surface area (Å²) in [6.45, 7) is 1.45. The number of hydrogen-bond donors (Lipinski definition) is 0. The van der Waals surface area contributed by atoms with Crippen LogP contribution in [0.4, 0.5) is 0 Å². The second-order valence-electron chi connectivity index (χ2n) is 5.44. The Morgan fingerprint density at radius 3 is 2.96 bits per heavy atom. The molecule has 0 unspecified atom stereocenters. The van der Waals surface area contributed by atoms with Crippen molar-refractivity contribution in [2.24, 2.45) is 0 Å². The van der Waals surface area contributed by atoms with E-state index in [1.54, 1.807) is 30.0 Å². The molecule has 6 heteroatoms. The number of ether oxygens (including phenoxy) is 2. The van der Waals surface area contributed by atoms with Crippen molar-refractivity contribution in [3.8, 4) is 5.75 Å². The first-order valence-electron chi connectivity index (χ1n) is 7.84. The van der Waals surface area contributed by atoms with Gasteiger partial charge >= 0.3 is 0 Å². The summed E-state index contributed by atoms with van der Waals surface area (Å²) in [7, 11) is 1.63. The van der Waals surface area contributed by atoms with Gasteiger partial charge in [0.25, 0.3) is 5.91 Å². The third-order valence-electron chi connectivity index (χ3n) is 3.74. The minimum absolute atomic E-state index is 0.0280. The van der Waals surface area contributed by atoms with Crippen LogP contribution in [0.25, 0.3) is 0 Å². The minimum Gasteiger partial charge on any atom is -0.479 e. The van der Waals surface area contributed by atoms with Gasteiger partial charge in [0.05, 0.1) is 18.8 Å². The summed E-state index contributed by atoms with van der Waals surface area (Å²) in [6.07, 6.45) is 1.25. The Morgan fingerprint density at radius 2 is 2.17 bits per heavy atom. The van der Waals surface area contributed by atoms with Crippen LogP contribution in [0.3, 0.4) is 0 Å². The third-order valence-corrected chi connectivity index (χ3v) is 4.86. The molecule has 1 aliphatic rings. The maximum Gasteiger partial charge on any atom is 0.264 e. The SMILES string of the molecule is COCCN(Cc1ccccn1)C(=O)[C@H]1CSc2ccccc2O1. The Balaban J connectivity index is 1.71. The lowest BCUT2D eigenvalue weighted by Gasteiger charge is -2.30. The highest BCUT2D eigenvalue weighted by Crippen LogP contribution is 2.35. The molecule has 1 amide bonds. The van der Waals surface area contributed by atoms with Gasteiger partial charge in [-0.1, -0.05) is 18.2 Å². The Bertz CT molecular complexity index is 681. The van der Waals surface area contributed by atoms with Crippen molar-refractivity contribution in [1.82, 2.24) is 9.88 Å².